The van der Waals surface area contributed by atoms with E-state index >= 15 is 0 Å². The van der Waals surface area contributed by atoms with E-state index in [0.717, 1.165) is 23.7 Å². The Morgan fingerprint density at radius 2 is 1.64 bits per heavy atom. The van der Waals surface area contributed by atoms with Gasteiger partial charge in [-0.15, -0.1) is 0 Å². The molecule has 4 aliphatic carbocycles. The van der Waals surface area contributed by atoms with E-state index in [1.807, 2.05) is 13.8 Å². The van der Waals surface area contributed by atoms with Crippen LogP contribution in [0.3, 0.4) is 0 Å². The third-order valence-electron chi connectivity index (χ3n) is 10.2. The lowest BCUT2D eigenvalue weighted by atomic mass is 9.44. The quantitative estimate of drug-likeness (QED) is 0.484. The van der Waals surface area contributed by atoms with E-state index in [1.165, 1.54) is 64.2 Å². The summed E-state index contributed by atoms with van der Waals surface area (Å²) in [5.41, 5.74) is 1.09. The summed E-state index contributed by atoms with van der Waals surface area (Å²) in [6, 6.07) is 0. The fraction of sp³-hybridized carbons (Fsp3) is 0.962. The Balaban J connectivity index is 1.48. The number of carbonyl (C=O) groups excluding carboxylic acids is 1. The molecule has 0 N–H and O–H groups in total. The zero-order valence-corrected chi connectivity index (χ0v) is 19.1. The molecule has 0 aliphatic heterocycles. The molecule has 4 rings (SSSR count). The second kappa shape index (κ2) is 7.62. The second-order valence-corrected chi connectivity index (χ2v) is 11.9. The number of ether oxygens (including phenoxy) is 1. The molecule has 0 saturated heterocycles. The van der Waals surface area contributed by atoms with E-state index in [0.29, 0.717) is 29.1 Å². The number of hydrogen-bond donors (Lipinski definition) is 0. The van der Waals surface area contributed by atoms with Crippen molar-refractivity contribution in [2.24, 2.45) is 46.3 Å². The Labute approximate surface area is 173 Å². The fourth-order valence-electron chi connectivity index (χ4n) is 8.99. The minimum absolute atomic E-state index is 0.00785. The molecular formula is C26H44O2. The number of hydrogen-bond acceptors (Lipinski definition) is 2. The van der Waals surface area contributed by atoms with Crippen LogP contribution in [0.1, 0.15) is 105 Å². The molecule has 28 heavy (non-hydrogen) atoms. The maximum absolute atomic E-state index is 12.3. The van der Waals surface area contributed by atoms with Crippen molar-refractivity contribution >= 4 is 5.97 Å². The van der Waals surface area contributed by atoms with Crippen molar-refractivity contribution in [2.45, 2.75) is 111 Å². The van der Waals surface area contributed by atoms with E-state index in [9.17, 15) is 4.79 Å². The number of fused-ring (bicyclic) bond motifs is 5. The molecule has 0 aromatic rings. The van der Waals surface area contributed by atoms with Gasteiger partial charge < -0.3 is 4.74 Å². The van der Waals surface area contributed by atoms with Crippen LogP contribution < -0.4 is 0 Å². The van der Waals surface area contributed by atoms with Gasteiger partial charge in [0.25, 0.3) is 0 Å². The highest BCUT2D eigenvalue weighted by molar-refractivity contribution is 5.69. The Hall–Kier alpha value is -0.530. The topological polar surface area (TPSA) is 26.3 Å². The number of carbonyl (C=O) groups is 1. The molecule has 0 aromatic carbocycles. The fourth-order valence-corrected chi connectivity index (χ4v) is 8.99. The van der Waals surface area contributed by atoms with Crippen LogP contribution in [0.4, 0.5) is 0 Å². The molecule has 2 nitrogen and oxygen atoms in total. The number of rotatable bonds is 4. The molecule has 4 aliphatic rings. The van der Waals surface area contributed by atoms with Gasteiger partial charge in [-0.25, -0.2) is 0 Å². The van der Waals surface area contributed by atoms with E-state index in [-0.39, 0.29) is 12.1 Å². The lowest BCUT2D eigenvalue weighted by molar-refractivity contribution is -0.150. The first-order valence-corrected chi connectivity index (χ1v) is 12.4. The van der Waals surface area contributed by atoms with Gasteiger partial charge in [0.05, 0.1) is 6.10 Å². The van der Waals surface area contributed by atoms with Crippen LogP contribution in [0.25, 0.3) is 0 Å². The minimum atomic E-state index is 0.00785. The molecule has 0 radical (unpaired) electrons. The van der Waals surface area contributed by atoms with Gasteiger partial charge in [-0.1, -0.05) is 33.6 Å². The third kappa shape index (κ3) is 3.35. The average molecular weight is 389 g/mol. The van der Waals surface area contributed by atoms with Gasteiger partial charge in [0.1, 0.15) is 0 Å². The van der Waals surface area contributed by atoms with Crippen LogP contribution in [-0.4, -0.2) is 12.1 Å². The number of esters is 1. The van der Waals surface area contributed by atoms with Crippen molar-refractivity contribution in [1.82, 2.24) is 0 Å². The van der Waals surface area contributed by atoms with Gasteiger partial charge >= 0.3 is 5.97 Å². The Bertz CT molecular complexity index is 583. The first kappa shape index (κ1) is 20.7. The van der Waals surface area contributed by atoms with Crippen LogP contribution in [-0.2, 0) is 9.53 Å². The van der Waals surface area contributed by atoms with Crippen molar-refractivity contribution < 1.29 is 9.53 Å². The molecule has 0 spiro atoms. The standard InChI is InChI=1S/C26H44O2/c1-17(2)28-24(27)16-18(3)21-11-12-22-20-10-9-19-8-6-7-14-25(19,4)23(20)13-15-26(21,22)5/h17-23H,6-16H2,1-5H3/t18-,19?,20?,21?,22?,23?,25+,26-/m1/s1. The Morgan fingerprint density at radius 3 is 2.39 bits per heavy atom. The zero-order chi connectivity index (χ0) is 20.1. The van der Waals surface area contributed by atoms with Gasteiger partial charge in [-0.3, -0.25) is 4.79 Å². The predicted molar refractivity (Wildman–Crippen MR) is 115 cm³/mol. The van der Waals surface area contributed by atoms with Crippen LogP contribution in [0.5, 0.6) is 0 Å². The summed E-state index contributed by atoms with van der Waals surface area (Å²) in [7, 11) is 0. The first-order valence-electron chi connectivity index (χ1n) is 12.4. The van der Waals surface area contributed by atoms with E-state index in [4.69, 9.17) is 4.74 Å². The lowest BCUT2D eigenvalue weighted by Crippen LogP contribution is -2.53. The van der Waals surface area contributed by atoms with Crippen molar-refractivity contribution in [3.8, 4) is 0 Å². The van der Waals surface area contributed by atoms with Crippen LogP contribution in [0.2, 0.25) is 0 Å². The molecule has 5 unspecified atom stereocenters. The predicted octanol–water partition coefficient (Wildman–Crippen LogP) is 7.01. The van der Waals surface area contributed by atoms with Gasteiger partial charge in [-0.05, 0) is 112 Å². The first-order chi connectivity index (χ1) is 13.3. The highest BCUT2D eigenvalue weighted by Gasteiger charge is 2.60. The third-order valence-corrected chi connectivity index (χ3v) is 10.2. The molecule has 8 atom stereocenters. The highest BCUT2D eigenvalue weighted by atomic mass is 16.5. The summed E-state index contributed by atoms with van der Waals surface area (Å²) >= 11 is 0. The summed E-state index contributed by atoms with van der Waals surface area (Å²) in [5, 5.41) is 0. The molecule has 4 saturated carbocycles. The normalized spacial score (nSPS) is 46.4. The maximum Gasteiger partial charge on any atom is 0.306 e. The molecule has 0 bridgehead atoms. The largest absolute Gasteiger partial charge is 0.463 e. The Morgan fingerprint density at radius 1 is 0.893 bits per heavy atom. The molecule has 160 valence electrons. The highest BCUT2D eigenvalue weighted by Crippen LogP contribution is 2.68. The molecule has 2 heteroatoms. The Kier molecular flexibility index (Phi) is 5.64. The average Bonchev–Trinajstić information content (AvgIpc) is 2.97. The van der Waals surface area contributed by atoms with Gasteiger partial charge in [0, 0.05) is 6.42 Å². The lowest BCUT2D eigenvalue weighted by Gasteiger charge is -2.60. The minimum Gasteiger partial charge on any atom is -0.463 e. The summed E-state index contributed by atoms with van der Waals surface area (Å²) < 4.78 is 5.47. The van der Waals surface area contributed by atoms with E-state index in [2.05, 4.69) is 20.8 Å². The molecule has 0 aromatic heterocycles. The second-order valence-electron chi connectivity index (χ2n) is 11.9. The molecule has 0 amide bonds. The van der Waals surface area contributed by atoms with Gasteiger partial charge in [0.2, 0.25) is 0 Å². The summed E-state index contributed by atoms with van der Waals surface area (Å²) in [5.74, 6) is 5.02. The summed E-state index contributed by atoms with van der Waals surface area (Å²) in [6.45, 7) is 11.5. The molecule has 4 fully saturated rings. The summed E-state index contributed by atoms with van der Waals surface area (Å²) in [4.78, 5) is 12.3. The van der Waals surface area contributed by atoms with Crippen molar-refractivity contribution in [1.29, 1.82) is 0 Å². The van der Waals surface area contributed by atoms with Crippen LogP contribution in [0.15, 0.2) is 0 Å². The monoisotopic (exact) mass is 388 g/mol. The molecular weight excluding hydrogens is 344 g/mol. The van der Waals surface area contributed by atoms with Gasteiger partial charge in [0.15, 0.2) is 0 Å². The zero-order valence-electron chi connectivity index (χ0n) is 19.1. The van der Waals surface area contributed by atoms with E-state index < -0.39 is 0 Å². The van der Waals surface area contributed by atoms with Crippen LogP contribution >= 0.6 is 0 Å². The molecule has 0 heterocycles. The van der Waals surface area contributed by atoms with Gasteiger partial charge in [-0.2, -0.15) is 0 Å². The summed E-state index contributed by atoms with van der Waals surface area (Å²) in [6.07, 6.45) is 15.1. The van der Waals surface area contributed by atoms with Crippen molar-refractivity contribution in [3.05, 3.63) is 0 Å². The van der Waals surface area contributed by atoms with Crippen molar-refractivity contribution in [3.63, 3.8) is 0 Å². The maximum atomic E-state index is 12.3. The van der Waals surface area contributed by atoms with Crippen LogP contribution in [0, 0.1) is 46.3 Å². The smallest absolute Gasteiger partial charge is 0.306 e. The SMILES string of the molecule is CC(C)OC(=O)C[C@@H](C)C1CCC2C3CCC4CCCC[C@]4(C)C3CC[C@@]21C. The van der Waals surface area contributed by atoms with E-state index in [1.54, 1.807) is 0 Å². The van der Waals surface area contributed by atoms with Crippen molar-refractivity contribution in [2.75, 3.05) is 0 Å².